The van der Waals surface area contributed by atoms with E-state index in [0.717, 1.165) is 11.8 Å². The van der Waals surface area contributed by atoms with Crippen LogP contribution in [0, 0.1) is 0 Å². The first-order valence-corrected chi connectivity index (χ1v) is 9.16. The van der Waals surface area contributed by atoms with E-state index in [2.05, 4.69) is 19.1 Å². The van der Waals surface area contributed by atoms with Gasteiger partial charge in [0, 0.05) is 11.5 Å². The van der Waals surface area contributed by atoms with Gasteiger partial charge in [0.15, 0.2) is 11.5 Å². The summed E-state index contributed by atoms with van der Waals surface area (Å²) in [7, 11) is 0. The molecular weight excluding hydrogens is 336 g/mol. The van der Waals surface area contributed by atoms with Crippen molar-refractivity contribution in [1.29, 1.82) is 0 Å². The largest absolute Gasteiger partial charge is 0.489 e. The number of benzene rings is 3. The van der Waals surface area contributed by atoms with E-state index in [-0.39, 0.29) is 12.0 Å². The standard InChI is InChI=1S/C24H24O3/c1-18(21-9-5-3-6-10-21)17-26-23-14-13-20(16-25)15-24(23)27-19(2)22-11-7-4-8-12-22/h3-16,18-19H,17H2,1-2H3. The van der Waals surface area contributed by atoms with Crippen molar-refractivity contribution < 1.29 is 14.3 Å². The molecule has 0 aromatic heterocycles. The van der Waals surface area contributed by atoms with E-state index in [0.29, 0.717) is 23.7 Å². The summed E-state index contributed by atoms with van der Waals surface area (Å²) in [5.41, 5.74) is 2.86. The summed E-state index contributed by atoms with van der Waals surface area (Å²) in [5.74, 6) is 1.47. The fraction of sp³-hybridized carbons (Fsp3) is 0.208. The number of carbonyl (C=O) groups excluding carboxylic acids is 1. The zero-order valence-corrected chi connectivity index (χ0v) is 15.7. The summed E-state index contributed by atoms with van der Waals surface area (Å²) >= 11 is 0. The molecule has 0 aliphatic rings. The number of aldehydes is 1. The molecule has 0 fully saturated rings. The molecule has 0 saturated heterocycles. The molecule has 3 rings (SSSR count). The first-order valence-electron chi connectivity index (χ1n) is 9.16. The summed E-state index contributed by atoms with van der Waals surface area (Å²) in [6.07, 6.45) is 0.665. The van der Waals surface area contributed by atoms with Crippen LogP contribution in [-0.2, 0) is 0 Å². The van der Waals surface area contributed by atoms with Gasteiger partial charge in [0.05, 0.1) is 6.61 Å². The van der Waals surface area contributed by atoms with E-state index in [1.807, 2.05) is 55.5 Å². The third-order valence-electron chi connectivity index (χ3n) is 4.53. The number of carbonyl (C=O) groups is 1. The average Bonchev–Trinajstić information content (AvgIpc) is 2.73. The third-order valence-corrected chi connectivity index (χ3v) is 4.53. The molecule has 2 unspecified atom stereocenters. The lowest BCUT2D eigenvalue weighted by molar-refractivity contribution is 0.112. The Morgan fingerprint density at radius 1 is 0.815 bits per heavy atom. The maximum absolute atomic E-state index is 11.2. The maximum atomic E-state index is 11.2. The van der Waals surface area contributed by atoms with Crippen molar-refractivity contribution in [2.75, 3.05) is 6.61 Å². The predicted octanol–water partition coefficient (Wildman–Crippen LogP) is 5.82. The highest BCUT2D eigenvalue weighted by atomic mass is 16.5. The maximum Gasteiger partial charge on any atom is 0.162 e. The number of rotatable bonds is 8. The molecule has 0 spiro atoms. The Labute approximate surface area is 160 Å². The number of hydrogen-bond acceptors (Lipinski definition) is 3. The van der Waals surface area contributed by atoms with E-state index in [9.17, 15) is 4.79 Å². The summed E-state index contributed by atoms with van der Waals surface area (Å²) in [5, 5.41) is 0. The molecule has 0 radical (unpaired) electrons. The van der Waals surface area contributed by atoms with Gasteiger partial charge in [-0.1, -0.05) is 67.6 Å². The highest BCUT2D eigenvalue weighted by Crippen LogP contribution is 2.33. The number of ether oxygens (including phenoxy) is 2. The Hall–Kier alpha value is -3.07. The smallest absolute Gasteiger partial charge is 0.162 e. The van der Waals surface area contributed by atoms with Gasteiger partial charge in [0.2, 0.25) is 0 Å². The first kappa shape index (κ1) is 18.7. The molecule has 0 aliphatic carbocycles. The van der Waals surface area contributed by atoms with Crippen LogP contribution in [0.15, 0.2) is 78.9 Å². The minimum absolute atomic E-state index is 0.151. The van der Waals surface area contributed by atoms with Crippen molar-refractivity contribution in [3.63, 3.8) is 0 Å². The lowest BCUT2D eigenvalue weighted by atomic mass is 10.0. The normalized spacial score (nSPS) is 12.8. The molecule has 3 aromatic carbocycles. The zero-order valence-electron chi connectivity index (χ0n) is 15.7. The van der Waals surface area contributed by atoms with E-state index >= 15 is 0 Å². The van der Waals surface area contributed by atoms with E-state index in [1.165, 1.54) is 5.56 Å². The lowest BCUT2D eigenvalue weighted by Gasteiger charge is -2.20. The number of hydrogen-bond donors (Lipinski definition) is 0. The summed E-state index contributed by atoms with van der Waals surface area (Å²) in [6, 6.07) is 25.5. The summed E-state index contributed by atoms with van der Waals surface area (Å²) in [6.45, 7) is 4.64. The molecule has 0 amide bonds. The Bertz CT molecular complexity index is 859. The molecule has 3 heteroatoms. The van der Waals surface area contributed by atoms with Gasteiger partial charge < -0.3 is 9.47 Å². The summed E-state index contributed by atoms with van der Waals surface area (Å²) < 4.78 is 12.2. The molecule has 27 heavy (non-hydrogen) atoms. The van der Waals surface area contributed by atoms with Crippen molar-refractivity contribution in [3.8, 4) is 11.5 Å². The Balaban J connectivity index is 1.75. The fourth-order valence-corrected chi connectivity index (χ4v) is 2.88. The van der Waals surface area contributed by atoms with Crippen LogP contribution in [0.3, 0.4) is 0 Å². The van der Waals surface area contributed by atoms with Crippen molar-refractivity contribution in [1.82, 2.24) is 0 Å². The molecule has 0 aliphatic heterocycles. The van der Waals surface area contributed by atoms with Crippen LogP contribution in [-0.4, -0.2) is 12.9 Å². The van der Waals surface area contributed by atoms with E-state index in [4.69, 9.17) is 9.47 Å². The fourth-order valence-electron chi connectivity index (χ4n) is 2.88. The van der Waals surface area contributed by atoms with Crippen molar-refractivity contribution in [3.05, 3.63) is 95.6 Å². The molecule has 138 valence electrons. The molecule has 2 atom stereocenters. The summed E-state index contributed by atoms with van der Waals surface area (Å²) in [4.78, 5) is 11.2. The second kappa shape index (κ2) is 9.04. The van der Waals surface area contributed by atoms with Gasteiger partial charge in [-0.05, 0) is 36.2 Å². The first-order chi connectivity index (χ1) is 13.2. The second-order valence-electron chi connectivity index (χ2n) is 6.62. The average molecular weight is 360 g/mol. The molecule has 3 nitrogen and oxygen atoms in total. The van der Waals surface area contributed by atoms with E-state index < -0.39 is 0 Å². The van der Waals surface area contributed by atoms with Crippen LogP contribution in [0.2, 0.25) is 0 Å². The highest BCUT2D eigenvalue weighted by molar-refractivity contribution is 5.76. The van der Waals surface area contributed by atoms with Gasteiger partial charge in [-0.3, -0.25) is 4.79 Å². The van der Waals surface area contributed by atoms with Crippen LogP contribution in [0.5, 0.6) is 11.5 Å². The van der Waals surface area contributed by atoms with Crippen LogP contribution in [0.4, 0.5) is 0 Å². The van der Waals surface area contributed by atoms with Crippen LogP contribution in [0.1, 0.15) is 47.4 Å². The van der Waals surface area contributed by atoms with Gasteiger partial charge in [-0.25, -0.2) is 0 Å². The molecular formula is C24H24O3. The minimum atomic E-state index is -0.151. The quantitative estimate of drug-likeness (QED) is 0.475. The second-order valence-corrected chi connectivity index (χ2v) is 6.62. The van der Waals surface area contributed by atoms with Crippen molar-refractivity contribution in [2.45, 2.75) is 25.9 Å². The topological polar surface area (TPSA) is 35.5 Å². The molecule has 0 saturated carbocycles. The lowest BCUT2D eigenvalue weighted by Crippen LogP contribution is -2.09. The Morgan fingerprint density at radius 3 is 2.07 bits per heavy atom. The Kier molecular flexibility index (Phi) is 6.26. The van der Waals surface area contributed by atoms with Crippen LogP contribution < -0.4 is 9.47 Å². The van der Waals surface area contributed by atoms with E-state index in [1.54, 1.807) is 18.2 Å². The van der Waals surface area contributed by atoms with Gasteiger partial charge >= 0.3 is 0 Å². The van der Waals surface area contributed by atoms with Crippen molar-refractivity contribution in [2.24, 2.45) is 0 Å². The molecule has 0 bridgehead atoms. The van der Waals surface area contributed by atoms with Gasteiger partial charge in [-0.15, -0.1) is 0 Å². The van der Waals surface area contributed by atoms with Gasteiger partial charge in [0.1, 0.15) is 12.4 Å². The molecule has 0 N–H and O–H groups in total. The zero-order chi connectivity index (χ0) is 19.1. The van der Waals surface area contributed by atoms with Crippen LogP contribution in [0.25, 0.3) is 0 Å². The molecule has 0 heterocycles. The van der Waals surface area contributed by atoms with Crippen LogP contribution >= 0.6 is 0 Å². The predicted molar refractivity (Wildman–Crippen MR) is 108 cm³/mol. The van der Waals surface area contributed by atoms with Gasteiger partial charge in [-0.2, -0.15) is 0 Å². The van der Waals surface area contributed by atoms with Gasteiger partial charge in [0.25, 0.3) is 0 Å². The van der Waals surface area contributed by atoms with Crippen molar-refractivity contribution >= 4 is 6.29 Å². The minimum Gasteiger partial charge on any atom is -0.489 e. The molecule has 3 aromatic rings. The Morgan fingerprint density at radius 2 is 1.44 bits per heavy atom. The monoisotopic (exact) mass is 360 g/mol. The SMILES string of the molecule is CC(COc1ccc(C=O)cc1OC(C)c1ccccc1)c1ccccc1. The third kappa shape index (κ3) is 4.98. The highest BCUT2D eigenvalue weighted by Gasteiger charge is 2.14.